The van der Waals surface area contributed by atoms with Crippen LogP contribution in [0.4, 0.5) is 0 Å². The van der Waals surface area contributed by atoms with Crippen LogP contribution in [0, 0.1) is 5.92 Å². The average Bonchev–Trinajstić information content (AvgIpc) is 2.49. The summed E-state index contributed by atoms with van der Waals surface area (Å²) in [5.74, 6) is 0.931. The summed E-state index contributed by atoms with van der Waals surface area (Å²) in [5, 5.41) is 3.22. The molecule has 0 saturated carbocycles. The van der Waals surface area contributed by atoms with Crippen molar-refractivity contribution >= 4 is 0 Å². The number of nitrogens with zero attached hydrogens (tertiary/aromatic N) is 1. The molecule has 0 aromatic heterocycles. The van der Waals surface area contributed by atoms with Crippen molar-refractivity contribution in [3.63, 3.8) is 0 Å². The van der Waals surface area contributed by atoms with Gasteiger partial charge in [-0.1, -0.05) is 65.2 Å². The molecule has 0 rings (SSSR count). The quantitative estimate of drug-likeness (QED) is 0.400. The molecule has 0 fully saturated rings. The SMILES string of the molecule is CCC(C)CCCCCCN(C)CCCCCCCNC. The molecule has 1 N–H and O–H groups in total. The lowest BCUT2D eigenvalue weighted by atomic mass is 10.0. The lowest BCUT2D eigenvalue weighted by Crippen LogP contribution is -2.20. The molecule has 21 heavy (non-hydrogen) atoms. The summed E-state index contributed by atoms with van der Waals surface area (Å²) in [4.78, 5) is 2.53. The lowest BCUT2D eigenvalue weighted by Gasteiger charge is -2.16. The van der Waals surface area contributed by atoms with E-state index in [0.717, 1.165) is 5.92 Å². The predicted octanol–water partition coefficient (Wildman–Crippen LogP) is 5.08. The fourth-order valence-electron chi connectivity index (χ4n) is 2.76. The van der Waals surface area contributed by atoms with E-state index in [4.69, 9.17) is 0 Å². The standard InChI is InChI=1S/C19H42N2/c1-5-19(2)15-11-7-10-14-18-21(4)17-13-9-6-8-12-16-20-3/h19-20H,5-18H2,1-4H3. The van der Waals surface area contributed by atoms with Crippen molar-refractivity contribution in [2.24, 2.45) is 5.92 Å². The Morgan fingerprint density at radius 3 is 1.90 bits per heavy atom. The third-order valence-electron chi connectivity index (χ3n) is 4.65. The van der Waals surface area contributed by atoms with Gasteiger partial charge in [0.15, 0.2) is 0 Å². The highest BCUT2D eigenvalue weighted by atomic mass is 15.1. The zero-order valence-corrected chi connectivity index (χ0v) is 15.4. The molecule has 0 aliphatic rings. The number of hydrogen-bond donors (Lipinski definition) is 1. The molecule has 1 unspecified atom stereocenters. The van der Waals surface area contributed by atoms with Crippen molar-refractivity contribution in [1.82, 2.24) is 10.2 Å². The van der Waals surface area contributed by atoms with E-state index in [2.05, 4.69) is 31.1 Å². The van der Waals surface area contributed by atoms with E-state index >= 15 is 0 Å². The van der Waals surface area contributed by atoms with E-state index < -0.39 is 0 Å². The first-order valence-electron chi connectivity index (χ1n) is 9.53. The maximum atomic E-state index is 3.22. The molecular weight excluding hydrogens is 256 g/mol. The van der Waals surface area contributed by atoms with Crippen molar-refractivity contribution in [2.45, 2.75) is 84.5 Å². The Bertz CT molecular complexity index is 194. The van der Waals surface area contributed by atoms with Gasteiger partial charge in [-0.05, 0) is 58.9 Å². The topological polar surface area (TPSA) is 15.3 Å². The Balaban J connectivity index is 3.18. The van der Waals surface area contributed by atoms with E-state index in [0.29, 0.717) is 0 Å². The van der Waals surface area contributed by atoms with Crippen molar-refractivity contribution in [3.8, 4) is 0 Å². The first kappa shape index (κ1) is 20.9. The second-order valence-corrected chi connectivity index (χ2v) is 6.89. The van der Waals surface area contributed by atoms with Crippen LogP contribution in [0.15, 0.2) is 0 Å². The fraction of sp³-hybridized carbons (Fsp3) is 1.00. The molecule has 1 atom stereocenters. The Morgan fingerprint density at radius 2 is 1.33 bits per heavy atom. The summed E-state index contributed by atoms with van der Waals surface area (Å²) in [5.41, 5.74) is 0. The molecule has 0 spiro atoms. The Hall–Kier alpha value is -0.0800. The molecule has 2 heteroatoms. The van der Waals surface area contributed by atoms with Crippen LogP contribution in [-0.4, -0.2) is 38.6 Å². The second kappa shape index (κ2) is 16.3. The van der Waals surface area contributed by atoms with Gasteiger partial charge in [-0.15, -0.1) is 0 Å². The van der Waals surface area contributed by atoms with Crippen LogP contribution in [0.5, 0.6) is 0 Å². The second-order valence-electron chi connectivity index (χ2n) is 6.89. The highest BCUT2D eigenvalue weighted by molar-refractivity contribution is 4.55. The number of rotatable bonds is 16. The van der Waals surface area contributed by atoms with Crippen LogP contribution in [0.25, 0.3) is 0 Å². The largest absolute Gasteiger partial charge is 0.320 e. The molecule has 0 heterocycles. The molecule has 128 valence electrons. The molecular formula is C19H42N2. The molecule has 0 aliphatic heterocycles. The van der Waals surface area contributed by atoms with Crippen molar-refractivity contribution in [2.75, 3.05) is 33.7 Å². The molecule has 0 aliphatic carbocycles. The highest BCUT2D eigenvalue weighted by Gasteiger charge is 2.00. The number of nitrogens with one attached hydrogen (secondary N) is 1. The minimum atomic E-state index is 0.931. The smallest absolute Gasteiger partial charge is 0.00218 e. The normalized spacial score (nSPS) is 13.0. The lowest BCUT2D eigenvalue weighted by molar-refractivity contribution is 0.313. The summed E-state index contributed by atoms with van der Waals surface area (Å²) in [6.07, 6.45) is 15.4. The van der Waals surface area contributed by atoms with Gasteiger partial charge in [-0.3, -0.25) is 0 Å². The Labute approximate surface area is 135 Å². The van der Waals surface area contributed by atoms with E-state index in [9.17, 15) is 0 Å². The van der Waals surface area contributed by atoms with Gasteiger partial charge in [0.1, 0.15) is 0 Å². The van der Waals surface area contributed by atoms with E-state index in [1.807, 2.05) is 7.05 Å². The Morgan fingerprint density at radius 1 is 0.810 bits per heavy atom. The molecule has 0 saturated heterocycles. The molecule has 2 nitrogen and oxygen atoms in total. The van der Waals surface area contributed by atoms with Crippen LogP contribution < -0.4 is 5.32 Å². The third kappa shape index (κ3) is 16.1. The van der Waals surface area contributed by atoms with Gasteiger partial charge in [0, 0.05) is 0 Å². The zero-order chi connectivity index (χ0) is 15.8. The van der Waals surface area contributed by atoms with Crippen LogP contribution in [0.1, 0.15) is 84.5 Å². The van der Waals surface area contributed by atoms with Gasteiger partial charge in [0.25, 0.3) is 0 Å². The number of hydrogen-bond acceptors (Lipinski definition) is 2. The monoisotopic (exact) mass is 298 g/mol. The summed E-state index contributed by atoms with van der Waals surface area (Å²) < 4.78 is 0. The van der Waals surface area contributed by atoms with E-state index in [1.165, 1.54) is 90.3 Å². The third-order valence-corrected chi connectivity index (χ3v) is 4.65. The molecule has 0 bridgehead atoms. The molecule has 0 radical (unpaired) electrons. The minimum absolute atomic E-state index is 0.931. The first-order chi connectivity index (χ1) is 10.2. The highest BCUT2D eigenvalue weighted by Crippen LogP contribution is 2.13. The summed E-state index contributed by atoms with van der Waals surface area (Å²) in [6, 6.07) is 0. The van der Waals surface area contributed by atoms with Gasteiger partial charge < -0.3 is 10.2 Å². The maximum Gasteiger partial charge on any atom is -0.00218 e. The van der Waals surface area contributed by atoms with Gasteiger partial charge >= 0.3 is 0 Å². The maximum absolute atomic E-state index is 3.22. The van der Waals surface area contributed by atoms with Crippen molar-refractivity contribution in [3.05, 3.63) is 0 Å². The summed E-state index contributed by atoms with van der Waals surface area (Å²) in [7, 11) is 4.33. The van der Waals surface area contributed by atoms with E-state index in [1.54, 1.807) is 0 Å². The average molecular weight is 299 g/mol. The zero-order valence-electron chi connectivity index (χ0n) is 15.4. The molecule has 0 aromatic carbocycles. The predicted molar refractivity (Wildman–Crippen MR) is 97.0 cm³/mol. The van der Waals surface area contributed by atoms with Crippen LogP contribution >= 0.6 is 0 Å². The molecule has 0 amide bonds. The van der Waals surface area contributed by atoms with Crippen molar-refractivity contribution < 1.29 is 0 Å². The first-order valence-corrected chi connectivity index (χ1v) is 9.53. The van der Waals surface area contributed by atoms with Gasteiger partial charge in [-0.2, -0.15) is 0 Å². The summed E-state index contributed by atoms with van der Waals surface area (Å²) in [6.45, 7) is 8.45. The van der Waals surface area contributed by atoms with Gasteiger partial charge in [0.05, 0.1) is 0 Å². The van der Waals surface area contributed by atoms with Gasteiger partial charge in [-0.25, -0.2) is 0 Å². The fourth-order valence-corrected chi connectivity index (χ4v) is 2.76. The van der Waals surface area contributed by atoms with Crippen molar-refractivity contribution in [1.29, 1.82) is 0 Å². The van der Waals surface area contributed by atoms with Crippen LogP contribution in [0.3, 0.4) is 0 Å². The van der Waals surface area contributed by atoms with Gasteiger partial charge in [0.2, 0.25) is 0 Å². The summed E-state index contributed by atoms with van der Waals surface area (Å²) >= 11 is 0. The van der Waals surface area contributed by atoms with E-state index in [-0.39, 0.29) is 0 Å². The Kier molecular flexibility index (Phi) is 16.2. The molecule has 0 aromatic rings. The minimum Gasteiger partial charge on any atom is -0.320 e. The van der Waals surface area contributed by atoms with Crippen LogP contribution in [0.2, 0.25) is 0 Å². The number of unbranched alkanes of at least 4 members (excludes halogenated alkanes) is 7. The van der Waals surface area contributed by atoms with Crippen LogP contribution in [-0.2, 0) is 0 Å².